The summed E-state index contributed by atoms with van der Waals surface area (Å²) in [5.41, 5.74) is 0. The Balaban J connectivity index is 2.03. The third-order valence-corrected chi connectivity index (χ3v) is 3.72. The minimum absolute atomic E-state index is 0.226. The van der Waals surface area contributed by atoms with E-state index in [9.17, 15) is 0 Å². The summed E-state index contributed by atoms with van der Waals surface area (Å²) < 4.78 is 0. The molecule has 94 valence electrons. The van der Waals surface area contributed by atoms with Crippen molar-refractivity contribution in [1.29, 1.82) is 0 Å². The summed E-state index contributed by atoms with van der Waals surface area (Å²) in [7, 11) is 0. The first kappa shape index (κ1) is 12.7. The van der Waals surface area contributed by atoms with Gasteiger partial charge < -0.3 is 10.6 Å². The Morgan fingerprint density at radius 1 is 1.24 bits per heavy atom. The van der Waals surface area contributed by atoms with E-state index in [0.29, 0.717) is 17.9 Å². The van der Waals surface area contributed by atoms with Gasteiger partial charge in [0.1, 0.15) is 0 Å². The molecule has 1 saturated heterocycles. The summed E-state index contributed by atoms with van der Waals surface area (Å²) in [6, 6.07) is 0.448. The Hall–Kier alpha value is -0.750. The van der Waals surface area contributed by atoms with E-state index in [1.165, 1.54) is 11.5 Å². The number of hydrogen-bond acceptors (Lipinski definition) is 6. The summed E-state index contributed by atoms with van der Waals surface area (Å²) in [5, 5.41) is 6.58. The van der Waals surface area contributed by atoms with Gasteiger partial charge in [-0.3, -0.25) is 0 Å². The van der Waals surface area contributed by atoms with E-state index >= 15 is 0 Å². The molecule has 1 aromatic rings. The minimum Gasteiger partial charge on any atom is -0.354 e. The maximum absolute atomic E-state index is 5.86. The van der Waals surface area contributed by atoms with Crippen LogP contribution in [0.1, 0.15) is 19.8 Å². The molecule has 0 aliphatic carbocycles. The summed E-state index contributed by atoms with van der Waals surface area (Å²) in [5.74, 6) is 3.48. The molecule has 0 amide bonds. The van der Waals surface area contributed by atoms with Gasteiger partial charge in [-0.2, -0.15) is 26.7 Å². The van der Waals surface area contributed by atoms with Crippen molar-refractivity contribution in [2.24, 2.45) is 0 Å². The van der Waals surface area contributed by atoms with E-state index in [-0.39, 0.29) is 5.28 Å². The monoisotopic (exact) mass is 273 g/mol. The fraction of sp³-hybridized carbons (Fsp3) is 0.700. The zero-order chi connectivity index (χ0) is 12.1. The van der Waals surface area contributed by atoms with Gasteiger partial charge in [-0.15, -0.1) is 0 Å². The second kappa shape index (κ2) is 6.26. The third kappa shape index (κ3) is 3.89. The molecule has 7 heteroatoms. The van der Waals surface area contributed by atoms with Crippen molar-refractivity contribution in [3.05, 3.63) is 5.28 Å². The largest absolute Gasteiger partial charge is 0.354 e. The lowest BCUT2D eigenvalue weighted by Gasteiger charge is -2.22. The molecule has 1 fully saturated rings. The van der Waals surface area contributed by atoms with Crippen molar-refractivity contribution >= 4 is 35.3 Å². The van der Waals surface area contributed by atoms with Crippen LogP contribution >= 0.6 is 23.4 Å². The molecular weight excluding hydrogens is 258 g/mol. The van der Waals surface area contributed by atoms with Gasteiger partial charge in [-0.05, 0) is 42.9 Å². The summed E-state index contributed by atoms with van der Waals surface area (Å²) in [6.07, 6.45) is 2.29. The fourth-order valence-electron chi connectivity index (χ4n) is 1.68. The number of halogens is 1. The first-order valence-corrected chi connectivity index (χ1v) is 7.31. The van der Waals surface area contributed by atoms with E-state index in [1.54, 1.807) is 0 Å². The van der Waals surface area contributed by atoms with Crippen LogP contribution in [0.25, 0.3) is 0 Å². The van der Waals surface area contributed by atoms with Crippen LogP contribution in [0.3, 0.4) is 0 Å². The fourth-order valence-corrected chi connectivity index (χ4v) is 2.94. The molecule has 17 heavy (non-hydrogen) atoms. The van der Waals surface area contributed by atoms with Gasteiger partial charge in [0.15, 0.2) is 0 Å². The number of nitrogens with one attached hydrogen (secondary N) is 2. The highest BCUT2D eigenvalue weighted by Crippen LogP contribution is 2.20. The molecule has 0 saturated carbocycles. The molecule has 0 bridgehead atoms. The van der Waals surface area contributed by atoms with Gasteiger partial charge in [0.25, 0.3) is 0 Å². The minimum atomic E-state index is 0.226. The van der Waals surface area contributed by atoms with E-state index < -0.39 is 0 Å². The highest BCUT2D eigenvalue weighted by molar-refractivity contribution is 7.99. The highest BCUT2D eigenvalue weighted by Gasteiger charge is 2.15. The Morgan fingerprint density at radius 2 is 1.94 bits per heavy atom. The van der Waals surface area contributed by atoms with Crippen LogP contribution in [0.15, 0.2) is 0 Å². The molecule has 1 aliphatic heterocycles. The van der Waals surface area contributed by atoms with E-state index in [1.807, 2.05) is 18.7 Å². The van der Waals surface area contributed by atoms with E-state index in [4.69, 9.17) is 11.6 Å². The Morgan fingerprint density at radius 3 is 2.65 bits per heavy atom. The molecule has 0 aromatic carbocycles. The summed E-state index contributed by atoms with van der Waals surface area (Å²) in [6.45, 7) is 2.75. The first-order valence-electron chi connectivity index (χ1n) is 5.77. The highest BCUT2D eigenvalue weighted by atomic mass is 35.5. The lowest BCUT2D eigenvalue weighted by atomic mass is 10.2. The van der Waals surface area contributed by atoms with Crippen LogP contribution in [0.4, 0.5) is 11.9 Å². The molecule has 2 rings (SSSR count). The van der Waals surface area contributed by atoms with Crippen molar-refractivity contribution < 1.29 is 0 Å². The number of nitrogens with zero attached hydrogens (tertiary/aromatic N) is 3. The van der Waals surface area contributed by atoms with Gasteiger partial charge in [0.05, 0.1) is 0 Å². The standard InChI is InChI=1S/C10H16ClN5S/c1-2-12-9-14-8(11)15-10(16-9)13-7-3-5-17-6-4-7/h7H,2-6H2,1H3,(H2,12,13,14,15,16). The van der Waals surface area contributed by atoms with Crippen LogP contribution in [-0.4, -0.2) is 39.0 Å². The predicted octanol–water partition coefficient (Wildman–Crippen LogP) is 2.26. The second-order valence-electron chi connectivity index (χ2n) is 3.81. The number of anilines is 2. The molecule has 5 nitrogen and oxygen atoms in total. The van der Waals surface area contributed by atoms with Gasteiger partial charge in [-0.1, -0.05) is 0 Å². The average molecular weight is 274 g/mol. The molecular formula is C10H16ClN5S. The van der Waals surface area contributed by atoms with Crippen molar-refractivity contribution in [2.45, 2.75) is 25.8 Å². The number of hydrogen-bond donors (Lipinski definition) is 2. The number of aromatic nitrogens is 3. The lowest BCUT2D eigenvalue weighted by molar-refractivity contribution is 0.659. The zero-order valence-corrected chi connectivity index (χ0v) is 11.3. The molecule has 0 atom stereocenters. The van der Waals surface area contributed by atoms with Gasteiger partial charge in [0, 0.05) is 12.6 Å². The van der Waals surface area contributed by atoms with Crippen molar-refractivity contribution in [1.82, 2.24) is 15.0 Å². The van der Waals surface area contributed by atoms with Crippen LogP contribution in [-0.2, 0) is 0 Å². The third-order valence-electron chi connectivity index (χ3n) is 2.50. The maximum atomic E-state index is 5.86. The maximum Gasteiger partial charge on any atom is 0.229 e. The molecule has 1 aromatic heterocycles. The topological polar surface area (TPSA) is 62.7 Å². The quantitative estimate of drug-likeness (QED) is 0.877. The van der Waals surface area contributed by atoms with Crippen molar-refractivity contribution in [2.75, 3.05) is 28.7 Å². The number of thioether (sulfide) groups is 1. The predicted molar refractivity (Wildman–Crippen MR) is 73.0 cm³/mol. The van der Waals surface area contributed by atoms with Gasteiger partial charge in [-0.25, -0.2) is 0 Å². The van der Waals surface area contributed by atoms with Crippen molar-refractivity contribution in [3.8, 4) is 0 Å². The Labute approximate surface area is 110 Å². The van der Waals surface area contributed by atoms with Crippen LogP contribution < -0.4 is 10.6 Å². The lowest BCUT2D eigenvalue weighted by Crippen LogP contribution is -2.25. The smallest absolute Gasteiger partial charge is 0.229 e. The number of rotatable bonds is 4. The first-order chi connectivity index (χ1) is 8.28. The van der Waals surface area contributed by atoms with E-state index in [2.05, 4.69) is 25.6 Å². The SMILES string of the molecule is CCNc1nc(Cl)nc(NC2CCSCC2)n1. The van der Waals surface area contributed by atoms with Crippen molar-refractivity contribution in [3.63, 3.8) is 0 Å². The van der Waals surface area contributed by atoms with Gasteiger partial charge >= 0.3 is 0 Å². The normalized spacial score (nSPS) is 16.8. The summed E-state index contributed by atoms with van der Waals surface area (Å²) in [4.78, 5) is 12.4. The van der Waals surface area contributed by atoms with Gasteiger partial charge in [0.2, 0.25) is 17.2 Å². The zero-order valence-electron chi connectivity index (χ0n) is 9.74. The molecule has 2 heterocycles. The Bertz CT molecular complexity index is 370. The van der Waals surface area contributed by atoms with Crippen LogP contribution in [0, 0.1) is 0 Å². The molecule has 0 radical (unpaired) electrons. The summed E-state index contributed by atoms with van der Waals surface area (Å²) >= 11 is 7.85. The Kier molecular flexibility index (Phi) is 4.67. The second-order valence-corrected chi connectivity index (χ2v) is 5.38. The molecule has 0 unspecified atom stereocenters. The van der Waals surface area contributed by atoms with Crippen LogP contribution in [0.2, 0.25) is 5.28 Å². The van der Waals surface area contributed by atoms with Crippen LogP contribution in [0.5, 0.6) is 0 Å². The average Bonchev–Trinajstić information content (AvgIpc) is 2.30. The molecule has 1 aliphatic rings. The molecule has 2 N–H and O–H groups in total. The molecule has 0 spiro atoms. The van der Waals surface area contributed by atoms with E-state index in [0.717, 1.165) is 19.4 Å².